The predicted octanol–water partition coefficient (Wildman–Crippen LogP) is 10.6. The molecule has 2 heteroatoms. The molecule has 0 heterocycles. The van der Waals surface area contributed by atoms with Gasteiger partial charge >= 0.3 is 263 Å². The van der Waals surface area contributed by atoms with Gasteiger partial charge in [0.25, 0.3) is 0 Å². The third kappa shape index (κ3) is 3.40. The Balaban J connectivity index is 1.69. The normalized spacial score (nSPS) is 18.0. The van der Waals surface area contributed by atoms with Crippen molar-refractivity contribution < 1.29 is 10.6 Å². The van der Waals surface area contributed by atoms with Crippen LogP contribution in [0.5, 0.6) is 0 Å². The molecule has 0 fully saturated rings. The van der Waals surface area contributed by atoms with Crippen LogP contribution in [0.25, 0.3) is 33.7 Å². The summed E-state index contributed by atoms with van der Waals surface area (Å²) in [6.45, 7) is 9.81. The molecule has 0 bridgehead atoms. The number of rotatable bonds is 6. The van der Waals surface area contributed by atoms with E-state index in [0.717, 1.165) is 0 Å². The number of unbranched alkanes of at least 4 members (excludes halogenated alkanes) is 2. The van der Waals surface area contributed by atoms with Crippen molar-refractivity contribution in [3.05, 3.63) is 104 Å². The first-order valence-corrected chi connectivity index (χ1v) is 28.6. The maximum atomic E-state index is 2.94. The first-order valence-electron chi connectivity index (χ1n) is 17.7. The molecule has 4 aromatic rings. The Kier molecular flexibility index (Phi) is 5.58. The van der Waals surface area contributed by atoms with Crippen molar-refractivity contribution in [1.82, 2.24) is 0 Å². The topological polar surface area (TPSA) is 0 Å². The van der Waals surface area contributed by atoms with Gasteiger partial charge in [-0.25, -0.2) is 0 Å². The Bertz CT molecular complexity index is 2310. The first-order chi connectivity index (χ1) is 20.9. The molecule has 8 rings (SSSR count). The molecule has 0 saturated heterocycles. The van der Waals surface area contributed by atoms with Crippen LogP contribution in [0, 0.1) is 0 Å². The standard InChI is InChI=1S/2C16H12.2C4H9.2CH3.H2Si.Ti/c2*1-10-7-13-9-12-6-5-11-3-2-4-14(16(11)12)15(13)8-10;2*1-3-4-2;;;;/h2*2-4,8-9H,5-6H2,1H3;2*1,3-4H2,2H3;2*1H3;1H2;. The molecule has 0 radical (unpaired) electrons. The van der Waals surface area contributed by atoms with Crippen LogP contribution in [-0.4, -0.2) is 15.3 Å². The first kappa shape index (κ1) is 29.0. The molecule has 4 aliphatic carbocycles. The molecular formula is C42H50SiTi. The molecule has 0 amide bonds. The molecule has 0 N–H and O–H groups in total. The summed E-state index contributed by atoms with van der Waals surface area (Å²) in [4.78, 5) is 0. The summed E-state index contributed by atoms with van der Waals surface area (Å²) in [6, 6.07) is 19.6. The van der Waals surface area contributed by atoms with Gasteiger partial charge in [-0.05, 0) is 0 Å². The van der Waals surface area contributed by atoms with E-state index in [1.54, 1.807) is 62.9 Å². The fraction of sp³-hybridized carbons (Fsp3) is 0.381. The van der Waals surface area contributed by atoms with Gasteiger partial charge in [0.15, 0.2) is 0 Å². The van der Waals surface area contributed by atoms with Crippen molar-refractivity contribution in [1.29, 1.82) is 0 Å². The predicted molar refractivity (Wildman–Crippen MR) is 198 cm³/mol. The summed E-state index contributed by atoms with van der Waals surface area (Å²) in [5, 5.41) is 12.0. The number of allylic oxidation sites excluding steroid dienone is 2. The molecule has 226 valence electrons. The summed E-state index contributed by atoms with van der Waals surface area (Å²) in [7, 11) is -2.37. The van der Waals surface area contributed by atoms with Gasteiger partial charge in [-0.15, -0.1) is 0 Å². The van der Waals surface area contributed by atoms with E-state index in [9.17, 15) is 0 Å². The second-order valence-corrected chi connectivity index (χ2v) is 51.2. The van der Waals surface area contributed by atoms with Gasteiger partial charge in [0.05, 0.1) is 0 Å². The van der Waals surface area contributed by atoms with Crippen LogP contribution in [-0.2, 0) is 36.2 Å². The zero-order valence-corrected chi connectivity index (χ0v) is 31.0. The maximum absolute atomic E-state index is 4.95. The molecule has 0 unspecified atom stereocenters. The van der Waals surface area contributed by atoms with Crippen molar-refractivity contribution in [2.24, 2.45) is 0 Å². The van der Waals surface area contributed by atoms with Gasteiger partial charge in [0, 0.05) is 0 Å². The van der Waals surface area contributed by atoms with Crippen molar-refractivity contribution in [2.45, 2.75) is 99.0 Å². The van der Waals surface area contributed by atoms with Gasteiger partial charge in [-0.3, -0.25) is 0 Å². The monoisotopic (exact) mass is 630 g/mol. The zero-order chi connectivity index (χ0) is 30.8. The van der Waals surface area contributed by atoms with E-state index in [1.165, 1.54) is 82.7 Å². The Labute approximate surface area is 261 Å². The summed E-state index contributed by atoms with van der Waals surface area (Å²) in [5.41, 5.74) is 15.6. The van der Waals surface area contributed by atoms with Crippen LogP contribution in [0.2, 0.25) is 19.9 Å². The van der Waals surface area contributed by atoms with E-state index in [2.05, 4.69) is 106 Å². The van der Waals surface area contributed by atoms with Crippen LogP contribution in [0.1, 0.15) is 97.9 Å². The van der Waals surface area contributed by atoms with E-state index in [1.807, 2.05) is 0 Å². The SMILES string of the molecule is CCC[CH2][Ti]([CH3])([CH3])(=[SiH2])([CH2]CCC)(=[C]1C(C)=Cc2c1cc1c3c(cccc23)CC1)=[C]1C(C)=Cc2c1cc1c3c(cccc23)CC1. The van der Waals surface area contributed by atoms with Gasteiger partial charge in [-0.2, -0.15) is 0 Å². The third-order valence-electron chi connectivity index (χ3n) is 13.7. The van der Waals surface area contributed by atoms with Gasteiger partial charge < -0.3 is 0 Å². The van der Waals surface area contributed by atoms with Crippen LogP contribution in [0.3, 0.4) is 0 Å². The minimum absolute atomic E-state index is 1.18. The molecule has 4 aromatic carbocycles. The van der Waals surface area contributed by atoms with Crippen molar-refractivity contribution in [3.63, 3.8) is 0 Å². The zero-order valence-electron chi connectivity index (χ0n) is 28.1. The minimum atomic E-state index is -4.95. The van der Waals surface area contributed by atoms with Gasteiger partial charge in [-0.1, -0.05) is 0 Å². The molecule has 0 saturated carbocycles. The van der Waals surface area contributed by atoms with E-state index in [4.69, 9.17) is 0 Å². The third-order valence-corrected chi connectivity index (χ3v) is 36.8. The van der Waals surface area contributed by atoms with Crippen LogP contribution in [0.15, 0.2) is 59.7 Å². The fourth-order valence-corrected chi connectivity index (χ4v) is 36.9. The summed E-state index contributed by atoms with van der Waals surface area (Å²) < 4.78 is 6.20. The summed E-state index contributed by atoms with van der Waals surface area (Å²) in [6.07, 6.45) is 15.0. The van der Waals surface area contributed by atoms with Crippen molar-refractivity contribution in [2.75, 3.05) is 0 Å². The molecule has 44 heavy (non-hydrogen) atoms. The number of aryl methyl sites for hydroxylation is 4. The Hall–Kier alpha value is -2.45. The van der Waals surface area contributed by atoms with E-state index < -0.39 is 10.6 Å². The number of hydrogen-bond donors (Lipinski definition) is 0. The summed E-state index contributed by atoms with van der Waals surface area (Å²) in [5.74, 6) is 0. The quantitative estimate of drug-likeness (QED) is 0.186. The van der Waals surface area contributed by atoms with Crippen molar-refractivity contribution in [3.8, 4) is 0 Å². The molecule has 0 aromatic heterocycles. The molecule has 0 atom stereocenters. The second kappa shape index (κ2) is 8.47. The number of fused-ring (bicyclic) bond motifs is 4. The van der Waals surface area contributed by atoms with Crippen LogP contribution >= 0.6 is 0 Å². The number of benzene rings is 4. The van der Waals surface area contributed by atoms with Crippen molar-refractivity contribution >= 4 is 49.0 Å². The van der Waals surface area contributed by atoms with E-state index in [0.29, 0.717) is 0 Å². The van der Waals surface area contributed by atoms with Gasteiger partial charge in [0.1, 0.15) is 0 Å². The molecule has 0 spiro atoms. The molecule has 0 aliphatic heterocycles. The van der Waals surface area contributed by atoms with Crippen LogP contribution in [0.4, 0.5) is 0 Å². The molecular weight excluding hydrogens is 580 g/mol. The Morgan fingerprint density at radius 1 is 0.614 bits per heavy atom. The average Bonchev–Trinajstić information content (AvgIpc) is 3.77. The summed E-state index contributed by atoms with van der Waals surface area (Å²) >= 11 is 0. The second-order valence-electron chi connectivity index (χ2n) is 17.8. The van der Waals surface area contributed by atoms with E-state index in [-0.39, 0.29) is 0 Å². The Morgan fingerprint density at radius 3 is 1.43 bits per heavy atom. The average molecular weight is 631 g/mol. The van der Waals surface area contributed by atoms with E-state index >= 15 is 0 Å². The van der Waals surface area contributed by atoms with Gasteiger partial charge in [0.2, 0.25) is 0 Å². The Morgan fingerprint density at radius 2 is 1.02 bits per heavy atom. The molecule has 0 nitrogen and oxygen atoms in total. The molecule has 4 aliphatic rings. The number of hydrogen-bond acceptors (Lipinski definition) is 0. The fourth-order valence-electron chi connectivity index (χ4n) is 12.2. The van der Waals surface area contributed by atoms with Crippen LogP contribution < -0.4 is 0 Å².